The summed E-state index contributed by atoms with van der Waals surface area (Å²) in [5.74, 6) is 0.865. The second-order valence-corrected chi connectivity index (χ2v) is 6.82. The first-order valence-electron chi connectivity index (χ1n) is 9.76. The molecule has 1 fully saturated rings. The van der Waals surface area contributed by atoms with Gasteiger partial charge in [-0.2, -0.15) is 0 Å². The third-order valence-corrected chi connectivity index (χ3v) is 4.56. The Hall–Kier alpha value is -1.06. The Bertz CT molecular complexity index is 569. The molecule has 1 aliphatic heterocycles. The second kappa shape index (κ2) is 13.2. The number of aliphatic imine (C=N–C) groups is 1. The lowest BCUT2D eigenvalue weighted by atomic mass is 10.2. The van der Waals surface area contributed by atoms with E-state index in [-0.39, 0.29) is 30.1 Å². The van der Waals surface area contributed by atoms with Gasteiger partial charge in [0.2, 0.25) is 0 Å². The number of halogens is 1. The van der Waals surface area contributed by atoms with E-state index >= 15 is 0 Å². The van der Waals surface area contributed by atoms with E-state index in [0.717, 1.165) is 51.8 Å². The fraction of sp³-hybridized carbons (Fsp3) is 0.650. The number of likely N-dealkylation sites (N-methyl/N-ethyl adjacent to an activating group) is 2. The molecule has 1 aliphatic rings. The van der Waals surface area contributed by atoms with Gasteiger partial charge in [0, 0.05) is 45.0 Å². The quantitative estimate of drug-likeness (QED) is 0.334. The van der Waals surface area contributed by atoms with Crippen molar-refractivity contribution < 1.29 is 4.74 Å². The third-order valence-electron chi connectivity index (χ3n) is 4.56. The lowest BCUT2D eigenvalue weighted by Crippen LogP contribution is -2.44. The van der Waals surface area contributed by atoms with E-state index in [1.807, 2.05) is 0 Å². The van der Waals surface area contributed by atoms with E-state index in [9.17, 15) is 0 Å². The maximum Gasteiger partial charge on any atom is 0.191 e. The number of anilines is 1. The van der Waals surface area contributed by atoms with Gasteiger partial charge in [-0.3, -0.25) is 4.99 Å². The molecule has 0 saturated carbocycles. The van der Waals surface area contributed by atoms with Crippen molar-refractivity contribution in [2.75, 3.05) is 64.4 Å². The number of nitrogens with one attached hydrogen (secondary N) is 2. The number of ether oxygens (including phenoxy) is 1. The van der Waals surface area contributed by atoms with Crippen molar-refractivity contribution >= 4 is 35.6 Å². The Labute approximate surface area is 181 Å². The molecule has 0 radical (unpaired) electrons. The average Bonchev–Trinajstić information content (AvgIpc) is 2.63. The van der Waals surface area contributed by atoms with Crippen LogP contribution in [0.15, 0.2) is 29.3 Å². The molecule has 0 bridgehead atoms. The van der Waals surface area contributed by atoms with Crippen LogP contribution in [0.25, 0.3) is 0 Å². The summed E-state index contributed by atoms with van der Waals surface area (Å²) < 4.78 is 5.79. The minimum Gasteiger partial charge on any atom is -0.374 e. The van der Waals surface area contributed by atoms with Crippen LogP contribution in [-0.4, -0.2) is 76.4 Å². The van der Waals surface area contributed by atoms with E-state index in [2.05, 4.69) is 72.5 Å². The summed E-state index contributed by atoms with van der Waals surface area (Å²) in [5, 5.41) is 6.77. The summed E-state index contributed by atoms with van der Waals surface area (Å²) in [6.07, 6.45) is 0.184. The maximum absolute atomic E-state index is 5.79. The van der Waals surface area contributed by atoms with Crippen LogP contribution in [0.5, 0.6) is 0 Å². The molecule has 7 heteroatoms. The van der Waals surface area contributed by atoms with Crippen molar-refractivity contribution in [2.45, 2.75) is 26.9 Å². The SMILES string of the molecule is CCNC(=NCC1CN(C)CCO1)NCCN(CC)c1cccc(C)c1.I. The highest BCUT2D eigenvalue weighted by molar-refractivity contribution is 14.0. The van der Waals surface area contributed by atoms with Crippen molar-refractivity contribution in [1.82, 2.24) is 15.5 Å². The maximum atomic E-state index is 5.79. The van der Waals surface area contributed by atoms with Gasteiger partial charge in [0.1, 0.15) is 0 Å². The predicted octanol–water partition coefficient (Wildman–Crippen LogP) is 2.33. The van der Waals surface area contributed by atoms with Gasteiger partial charge in [-0.15, -0.1) is 24.0 Å². The Morgan fingerprint density at radius 1 is 1.33 bits per heavy atom. The largest absolute Gasteiger partial charge is 0.374 e. The third kappa shape index (κ3) is 8.66. The van der Waals surface area contributed by atoms with Gasteiger partial charge >= 0.3 is 0 Å². The molecular formula is C20H36IN5O. The Morgan fingerprint density at radius 3 is 2.81 bits per heavy atom. The number of guanidine groups is 1. The standard InChI is InChI=1S/C20H35N5O.HI/c1-5-21-20(23-15-19-16-24(4)12-13-26-19)22-10-11-25(6-2)18-9-7-8-17(3)14-18;/h7-9,14,19H,5-6,10-13,15-16H2,1-4H3,(H2,21,22,23);1H. The topological polar surface area (TPSA) is 52.1 Å². The first kappa shape index (κ1) is 24.0. The molecule has 1 aromatic rings. The molecule has 0 aromatic heterocycles. The van der Waals surface area contributed by atoms with E-state index in [1.165, 1.54) is 11.3 Å². The average molecular weight is 489 g/mol. The molecular weight excluding hydrogens is 453 g/mol. The number of nitrogens with zero attached hydrogens (tertiary/aromatic N) is 3. The zero-order valence-corrected chi connectivity index (χ0v) is 19.5. The summed E-state index contributed by atoms with van der Waals surface area (Å²) in [7, 11) is 2.13. The normalized spacial score (nSPS) is 17.9. The van der Waals surface area contributed by atoms with Crippen LogP contribution in [0.2, 0.25) is 0 Å². The molecule has 27 heavy (non-hydrogen) atoms. The van der Waals surface area contributed by atoms with Crippen LogP contribution >= 0.6 is 24.0 Å². The zero-order chi connectivity index (χ0) is 18.8. The number of morpholine rings is 1. The van der Waals surface area contributed by atoms with Crippen molar-refractivity contribution in [3.63, 3.8) is 0 Å². The van der Waals surface area contributed by atoms with Crippen LogP contribution in [0, 0.1) is 6.92 Å². The summed E-state index contributed by atoms with van der Waals surface area (Å²) in [6.45, 7) is 13.5. The van der Waals surface area contributed by atoms with Crippen LogP contribution < -0.4 is 15.5 Å². The Morgan fingerprint density at radius 2 is 2.15 bits per heavy atom. The summed E-state index contributed by atoms with van der Waals surface area (Å²) in [5.41, 5.74) is 2.57. The van der Waals surface area contributed by atoms with Crippen molar-refractivity contribution in [1.29, 1.82) is 0 Å². The van der Waals surface area contributed by atoms with E-state index < -0.39 is 0 Å². The number of hydrogen-bond donors (Lipinski definition) is 2. The summed E-state index contributed by atoms with van der Waals surface area (Å²) in [4.78, 5) is 9.38. The fourth-order valence-corrected chi connectivity index (χ4v) is 3.12. The monoisotopic (exact) mass is 489 g/mol. The van der Waals surface area contributed by atoms with Crippen LogP contribution in [0.1, 0.15) is 19.4 Å². The highest BCUT2D eigenvalue weighted by atomic mass is 127. The van der Waals surface area contributed by atoms with Gasteiger partial charge in [-0.1, -0.05) is 12.1 Å². The molecule has 0 amide bonds. The van der Waals surface area contributed by atoms with Crippen LogP contribution in [-0.2, 0) is 4.74 Å². The van der Waals surface area contributed by atoms with Gasteiger partial charge < -0.3 is 25.2 Å². The molecule has 1 heterocycles. The second-order valence-electron chi connectivity index (χ2n) is 6.82. The number of aryl methyl sites for hydroxylation is 1. The molecule has 2 N–H and O–H groups in total. The van der Waals surface area contributed by atoms with Gasteiger partial charge in [-0.05, 0) is 45.5 Å². The van der Waals surface area contributed by atoms with Gasteiger partial charge in [0.15, 0.2) is 5.96 Å². The molecule has 0 spiro atoms. The molecule has 1 saturated heterocycles. The minimum absolute atomic E-state index is 0. The molecule has 1 atom stereocenters. The predicted molar refractivity (Wildman–Crippen MR) is 126 cm³/mol. The van der Waals surface area contributed by atoms with Gasteiger partial charge in [0.05, 0.1) is 19.3 Å². The molecule has 6 nitrogen and oxygen atoms in total. The van der Waals surface area contributed by atoms with Gasteiger partial charge in [0.25, 0.3) is 0 Å². The molecule has 0 aliphatic carbocycles. The molecule has 154 valence electrons. The number of rotatable bonds is 8. The lowest BCUT2D eigenvalue weighted by molar-refractivity contribution is -0.0136. The van der Waals surface area contributed by atoms with Crippen molar-refractivity contribution in [2.24, 2.45) is 4.99 Å². The van der Waals surface area contributed by atoms with Crippen molar-refractivity contribution in [3.05, 3.63) is 29.8 Å². The number of benzene rings is 1. The van der Waals surface area contributed by atoms with E-state index in [1.54, 1.807) is 0 Å². The van der Waals surface area contributed by atoms with Crippen molar-refractivity contribution in [3.8, 4) is 0 Å². The van der Waals surface area contributed by atoms with Crippen LogP contribution in [0.3, 0.4) is 0 Å². The first-order chi connectivity index (χ1) is 12.6. The summed E-state index contributed by atoms with van der Waals surface area (Å²) >= 11 is 0. The van der Waals surface area contributed by atoms with E-state index in [4.69, 9.17) is 9.73 Å². The highest BCUT2D eigenvalue weighted by Crippen LogP contribution is 2.14. The number of hydrogen-bond acceptors (Lipinski definition) is 4. The minimum atomic E-state index is 0. The van der Waals surface area contributed by atoms with Crippen LogP contribution in [0.4, 0.5) is 5.69 Å². The highest BCUT2D eigenvalue weighted by Gasteiger charge is 2.17. The first-order valence-corrected chi connectivity index (χ1v) is 9.76. The fourth-order valence-electron chi connectivity index (χ4n) is 3.12. The van der Waals surface area contributed by atoms with Gasteiger partial charge in [-0.25, -0.2) is 0 Å². The molecule has 1 unspecified atom stereocenters. The smallest absolute Gasteiger partial charge is 0.191 e. The summed E-state index contributed by atoms with van der Waals surface area (Å²) in [6, 6.07) is 8.66. The van der Waals surface area contributed by atoms with E-state index in [0.29, 0.717) is 6.54 Å². The zero-order valence-electron chi connectivity index (χ0n) is 17.2. The lowest BCUT2D eigenvalue weighted by Gasteiger charge is -2.29. The Balaban J connectivity index is 0.00000364. The Kier molecular flexibility index (Phi) is 11.7. The molecule has 2 rings (SSSR count). The molecule has 1 aromatic carbocycles.